The first-order valence-corrected chi connectivity index (χ1v) is 11.4. The lowest BCUT2D eigenvalue weighted by atomic mass is 10.0. The Kier molecular flexibility index (Phi) is 6.96. The highest BCUT2D eigenvalue weighted by Crippen LogP contribution is 2.28. The summed E-state index contributed by atoms with van der Waals surface area (Å²) in [6.45, 7) is 8.14. The number of fused-ring (bicyclic) bond motifs is 1. The molecule has 1 aliphatic heterocycles. The predicted octanol–water partition coefficient (Wildman–Crippen LogP) is 4.25. The van der Waals surface area contributed by atoms with Gasteiger partial charge < -0.3 is 14.4 Å². The molecule has 0 spiro atoms. The molecule has 0 saturated carbocycles. The van der Waals surface area contributed by atoms with Crippen molar-refractivity contribution in [3.8, 4) is 17.2 Å². The van der Waals surface area contributed by atoms with Crippen molar-refractivity contribution in [3.63, 3.8) is 0 Å². The quantitative estimate of drug-likeness (QED) is 0.391. The summed E-state index contributed by atoms with van der Waals surface area (Å²) in [5.74, 6) is 2.57. The molecule has 0 amide bonds. The molecule has 1 aromatic carbocycles. The number of hydrogen-bond donors (Lipinski definition) is 0. The van der Waals surface area contributed by atoms with Crippen molar-refractivity contribution < 1.29 is 9.47 Å². The highest BCUT2D eigenvalue weighted by atomic mass is 35.5. The largest absolute Gasteiger partial charge is 0.494 e. The van der Waals surface area contributed by atoms with Gasteiger partial charge in [-0.05, 0) is 56.8 Å². The standard InChI is InChI=1S/C24H29ClN4O3/c1-16-6-4-9-28(15-16)10-5-11-32-18-7-8-21(22(12-18)31-3)29-17(2)27-20-14-26-23(25)13-19(20)24(29)30/h7-8,12-14,16H,4-6,9-11,15H2,1-3H3/t16-/m0/s1. The Labute approximate surface area is 192 Å². The zero-order chi connectivity index (χ0) is 22.7. The fraction of sp³-hybridized carbons (Fsp3) is 0.458. The molecule has 1 atom stereocenters. The van der Waals surface area contributed by atoms with E-state index in [4.69, 9.17) is 21.1 Å². The highest BCUT2D eigenvalue weighted by Gasteiger charge is 2.17. The third-order valence-electron chi connectivity index (χ3n) is 5.91. The first-order chi connectivity index (χ1) is 15.5. The summed E-state index contributed by atoms with van der Waals surface area (Å²) in [5, 5.41) is 0.659. The maximum Gasteiger partial charge on any atom is 0.266 e. The summed E-state index contributed by atoms with van der Waals surface area (Å²) >= 11 is 5.99. The van der Waals surface area contributed by atoms with E-state index in [1.807, 2.05) is 18.2 Å². The zero-order valence-electron chi connectivity index (χ0n) is 18.8. The zero-order valence-corrected chi connectivity index (χ0v) is 19.6. The number of piperidine rings is 1. The van der Waals surface area contributed by atoms with Gasteiger partial charge in [0.25, 0.3) is 5.56 Å². The van der Waals surface area contributed by atoms with Gasteiger partial charge in [0.1, 0.15) is 22.5 Å². The minimum atomic E-state index is -0.223. The molecule has 1 fully saturated rings. The van der Waals surface area contributed by atoms with Gasteiger partial charge in [-0.25, -0.2) is 9.97 Å². The molecule has 2 aromatic heterocycles. The van der Waals surface area contributed by atoms with Crippen LogP contribution in [0.1, 0.15) is 32.0 Å². The van der Waals surface area contributed by atoms with E-state index >= 15 is 0 Å². The van der Waals surface area contributed by atoms with Gasteiger partial charge in [-0.2, -0.15) is 0 Å². The molecule has 0 aliphatic carbocycles. The lowest BCUT2D eigenvalue weighted by Gasteiger charge is -2.30. The second-order valence-corrected chi connectivity index (χ2v) is 8.79. The topological polar surface area (TPSA) is 69.5 Å². The van der Waals surface area contributed by atoms with Crippen LogP contribution < -0.4 is 15.0 Å². The molecule has 1 saturated heterocycles. The molecule has 1 aliphatic rings. The number of likely N-dealkylation sites (tertiary alicyclic amines) is 1. The highest BCUT2D eigenvalue weighted by molar-refractivity contribution is 6.30. The Balaban J connectivity index is 1.51. The first kappa shape index (κ1) is 22.6. The fourth-order valence-corrected chi connectivity index (χ4v) is 4.52. The van der Waals surface area contributed by atoms with E-state index in [1.54, 1.807) is 14.0 Å². The summed E-state index contributed by atoms with van der Waals surface area (Å²) in [6.07, 6.45) is 5.10. The summed E-state index contributed by atoms with van der Waals surface area (Å²) in [4.78, 5) is 24.2. The second-order valence-electron chi connectivity index (χ2n) is 8.41. The third kappa shape index (κ3) is 4.89. The van der Waals surface area contributed by atoms with Crippen LogP contribution in [0.3, 0.4) is 0 Å². The minimum Gasteiger partial charge on any atom is -0.494 e. The monoisotopic (exact) mass is 456 g/mol. The molecule has 0 unspecified atom stereocenters. The number of benzene rings is 1. The Morgan fingerprint density at radius 3 is 2.91 bits per heavy atom. The first-order valence-electron chi connectivity index (χ1n) is 11.0. The summed E-state index contributed by atoms with van der Waals surface area (Å²) in [6, 6.07) is 7.03. The predicted molar refractivity (Wildman–Crippen MR) is 126 cm³/mol. The van der Waals surface area contributed by atoms with Crippen molar-refractivity contribution in [1.29, 1.82) is 0 Å². The Hall–Kier alpha value is -2.64. The Bertz CT molecular complexity index is 1160. The number of pyridine rings is 1. The van der Waals surface area contributed by atoms with Crippen molar-refractivity contribution in [2.45, 2.75) is 33.1 Å². The second kappa shape index (κ2) is 9.88. The van der Waals surface area contributed by atoms with Gasteiger partial charge in [0.2, 0.25) is 0 Å². The van der Waals surface area contributed by atoms with Crippen molar-refractivity contribution in [2.24, 2.45) is 5.92 Å². The smallest absolute Gasteiger partial charge is 0.266 e. The van der Waals surface area contributed by atoms with Crippen LogP contribution >= 0.6 is 11.6 Å². The van der Waals surface area contributed by atoms with Crippen LogP contribution in [0.2, 0.25) is 5.15 Å². The average molecular weight is 457 g/mol. The van der Waals surface area contributed by atoms with Gasteiger partial charge in [-0.1, -0.05) is 18.5 Å². The number of halogens is 1. The molecular formula is C24H29ClN4O3. The van der Waals surface area contributed by atoms with Crippen molar-refractivity contribution in [2.75, 3.05) is 33.4 Å². The molecule has 170 valence electrons. The van der Waals surface area contributed by atoms with E-state index in [0.29, 0.717) is 40.5 Å². The van der Waals surface area contributed by atoms with Crippen LogP contribution in [-0.4, -0.2) is 52.8 Å². The summed E-state index contributed by atoms with van der Waals surface area (Å²) in [5.41, 5.74) is 0.890. The van der Waals surface area contributed by atoms with Gasteiger partial charge in [0.05, 0.1) is 36.5 Å². The number of aromatic nitrogens is 3. The van der Waals surface area contributed by atoms with E-state index in [9.17, 15) is 4.79 Å². The number of methoxy groups -OCH3 is 1. The lowest BCUT2D eigenvalue weighted by Crippen LogP contribution is -2.35. The summed E-state index contributed by atoms with van der Waals surface area (Å²) < 4.78 is 13.1. The maximum atomic E-state index is 13.2. The van der Waals surface area contributed by atoms with Gasteiger partial charge >= 0.3 is 0 Å². The lowest BCUT2D eigenvalue weighted by molar-refractivity contribution is 0.170. The Morgan fingerprint density at radius 1 is 1.28 bits per heavy atom. The van der Waals surface area contributed by atoms with Crippen molar-refractivity contribution in [1.82, 2.24) is 19.4 Å². The average Bonchev–Trinajstić information content (AvgIpc) is 2.78. The number of hydrogen-bond acceptors (Lipinski definition) is 6. The van der Waals surface area contributed by atoms with Gasteiger partial charge in [0.15, 0.2) is 0 Å². The number of ether oxygens (including phenoxy) is 2. The SMILES string of the molecule is COc1cc(OCCCN2CCC[C@H](C)C2)ccc1-n1c(C)nc2cnc(Cl)cc2c1=O. The molecule has 32 heavy (non-hydrogen) atoms. The van der Waals surface area contributed by atoms with Crippen LogP contribution in [0.25, 0.3) is 16.6 Å². The number of nitrogens with zero attached hydrogens (tertiary/aromatic N) is 4. The van der Waals surface area contributed by atoms with Crippen molar-refractivity contribution >= 4 is 22.5 Å². The van der Waals surface area contributed by atoms with E-state index in [1.165, 1.54) is 42.8 Å². The summed E-state index contributed by atoms with van der Waals surface area (Å²) in [7, 11) is 1.58. The van der Waals surface area contributed by atoms with Crippen LogP contribution in [0.15, 0.2) is 35.3 Å². The molecule has 3 aromatic rings. The molecule has 0 radical (unpaired) electrons. The van der Waals surface area contributed by atoms with E-state index in [0.717, 1.165) is 18.9 Å². The third-order valence-corrected chi connectivity index (χ3v) is 6.12. The number of aryl methyl sites for hydroxylation is 1. The molecule has 7 nitrogen and oxygen atoms in total. The molecule has 0 N–H and O–H groups in total. The van der Waals surface area contributed by atoms with Crippen LogP contribution in [0.4, 0.5) is 0 Å². The molecule has 4 rings (SSSR count). The molecule has 3 heterocycles. The molecule has 0 bridgehead atoms. The van der Waals surface area contributed by atoms with E-state index in [2.05, 4.69) is 21.8 Å². The fourth-order valence-electron chi connectivity index (χ4n) is 4.36. The maximum absolute atomic E-state index is 13.2. The molecule has 8 heteroatoms. The minimum absolute atomic E-state index is 0.223. The van der Waals surface area contributed by atoms with Gasteiger partial charge in [-0.3, -0.25) is 9.36 Å². The van der Waals surface area contributed by atoms with Crippen LogP contribution in [-0.2, 0) is 0 Å². The normalized spacial score (nSPS) is 16.9. The van der Waals surface area contributed by atoms with Crippen molar-refractivity contribution in [3.05, 3.63) is 51.8 Å². The van der Waals surface area contributed by atoms with E-state index in [-0.39, 0.29) is 10.7 Å². The van der Waals surface area contributed by atoms with Gasteiger partial charge in [-0.15, -0.1) is 0 Å². The Morgan fingerprint density at radius 2 is 2.12 bits per heavy atom. The molecular weight excluding hydrogens is 428 g/mol. The van der Waals surface area contributed by atoms with Gasteiger partial charge in [0, 0.05) is 19.2 Å². The number of rotatable bonds is 7. The van der Waals surface area contributed by atoms with Crippen LogP contribution in [0.5, 0.6) is 11.5 Å². The van der Waals surface area contributed by atoms with E-state index < -0.39 is 0 Å². The van der Waals surface area contributed by atoms with Crippen LogP contribution in [0, 0.1) is 12.8 Å².